The third kappa shape index (κ3) is 2.11. The molecule has 0 atom stereocenters. The largest absolute Gasteiger partial charge is 0.342 e. The number of hydrogen-bond donors (Lipinski definition) is 1. The molecule has 0 radical (unpaired) electrons. The van der Waals surface area contributed by atoms with Gasteiger partial charge in [-0.25, -0.2) is 13.8 Å². The molecule has 1 aromatic carbocycles. The van der Waals surface area contributed by atoms with Crippen LogP contribution in [0.4, 0.5) is 8.78 Å². The van der Waals surface area contributed by atoms with Crippen molar-refractivity contribution in [1.82, 2.24) is 9.97 Å². The van der Waals surface area contributed by atoms with Crippen molar-refractivity contribution in [2.24, 2.45) is 0 Å². The summed E-state index contributed by atoms with van der Waals surface area (Å²) in [7, 11) is 0. The maximum Gasteiger partial charge on any atom is 0.161 e. The molecule has 1 heterocycles. The maximum absolute atomic E-state index is 13.1. The van der Waals surface area contributed by atoms with Crippen molar-refractivity contribution in [3.8, 4) is 0 Å². The first-order chi connectivity index (χ1) is 8.74. The van der Waals surface area contributed by atoms with E-state index in [-0.39, 0.29) is 0 Å². The Labute approximate surface area is 104 Å². The first-order valence-corrected chi connectivity index (χ1v) is 6.59. The number of fused-ring (bicyclic) bond motifs is 1. The zero-order chi connectivity index (χ0) is 12.5. The van der Waals surface area contributed by atoms with Gasteiger partial charge in [-0.3, -0.25) is 0 Å². The van der Waals surface area contributed by atoms with Gasteiger partial charge in [-0.1, -0.05) is 25.7 Å². The predicted octanol–water partition coefficient (Wildman–Crippen LogP) is 4.28. The van der Waals surface area contributed by atoms with Crippen LogP contribution in [0.1, 0.15) is 50.3 Å². The third-order valence-corrected chi connectivity index (χ3v) is 3.78. The summed E-state index contributed by atoms with van der Waals surface area (Å²) in [6.45, 7) is 0. The Kier molecular flexibility index (Phi) is 3.02. The van der Waals surface area contributed by atoms with E-state index in [1.807, 2.05) is 0 Å². The molecule has 1 fully saturated rings. The van der Waals surface area contributed by atoms with Crippen LogP contribution in [-0.2, 0) is 0 Å². The van der Waals surface area contributed by atoms with Crippen LogP contribution in [0.2, 0.25) is 0 Å². The van der Waals surface area contributed by atoms with Gasteiger partial charge in [-0.15, -0.1) is 0 Å². The van der Waals surface area contributed by atoms with Gasteiger partial charge in [0.15, 0.2) is 11.6 Å². The molecule has 0 spiro atoms. The van der Waals surface area contributed by atoms with E-state index in [4.69, 9.17) is 0 Å². The van der Waals surface area contributed by atoms with Crippen molar-refractivity contribution >= 4 is 11.0 Å². The molecule has 0 saturated heterocycles. The highest BCUT2D eigenvalue weighted by Gasteiger charge is 2.18. The van der Waals surface area contributed by atoms with E-state index in [0.717, 1.165) is 18.7 Å². The van der Waals surface area contributed by atoms with Crippen molar-refractivity contribution in [1.29, 1.82) is 0 Å². The minimum absolute atomic E-state index is 0.408. The first kappa shape index (κ1) is 11.6. The summed E-state index contributed by atoms with van der Waals surface area (Å²) in [5, 5.41) is 0. The van der Waals surface area contributed by atoms with Crippen LogP contribution in [0.15, 0.2) is 12.1 Å². The average molecular weight is 250 g/mol. The number of rotatable bonds is 1. The number of imidazole rings is 1. The quantitative estimate of drug-likeness (QED) is 0.752. The zero-order valence-electron chi connectivity index (χ0n) is 10.2. The number of aromatic nitrogens is 2. The van der Waals surface area contributed by atoms with E-state index in [0.29, 0.717) is 17.0 Å². The van der Waals surface area contributed by atoms with Gasteiger partial charge in [0, 0.05) is 18.1 Å². The summed E-state index contributed by atoms with van der Waals surface area (Å²) in [6.07, 6.45) is 7.21. The predicted molar refractivity (Wildman–Crippen MR) is 66.5 cm³/mol. The number of nitrogens with zero attached hydrogens (tertiary/aromatic N) is 1. The highest BCUT2D eigenvalue weighted by Crippen LogP contribution is 2.31. The molecule has 1 saturated carbocycles. The van der Waals surface area contributed by atoms with E-state index in [2.05, 4.69) is 9.97 Å². The van der Waals surface area contributed by atoms with Crippen LogP contribution in [0, 0.1) is 11.6 Å². The van der Waals surface area contributed by atoms with Gasteiger partial charge in [-0.05, 0) is 12.8 Å². The number of nitrogens with one attached hydrogen (secondary N) is 1. The fourth-order valence-electron chi connectivity index (χ4n) is 2.77. The second kappa shape index (κ2) is 4.67. The summed E-state index contributed by atoms with van der Waals surface area (Å²) in [6, 6.07) is 2.36. The molecular weight excluding hydrogens is 234 g/mol. The first-order valence-electron chi connectivity index (χ1n) is 6.59. The van der Waals surface area contributed by atoms with Gasteiger partial charge in [0.05, 0.1) is 11.0 Å². The molecule has 0 unspecified atom stereocenters. The van der Waals surface area contributed by atoms with Gasteiger partial charge >= 0.3 is 0 Å². The van der Waals surface area contributed by atoms with Crippen LogP contribution in [0.3, 0.4) is 0 Å². The van der Waals surface area contributed by atoms with Crippen LogP contribution < -0.4 is 0 Å². The molecule has 2 nitrogen and oxygen atoms in total. The van der Waals surface area contributed by atoms with Crippen LogP contribution in [0.25, 0.3) is 11.0 Å². The second-order valence-corrected chi connectivity index (χ2v) is 5.09. The Hall–Kier alpha value is -1.45. The van der Waals surface area contributed by atoms with Gasteiger partial charge in [0.25, 0.3) is 0 Å². The molecule has 4 heteroatoms. The summed E-state index contributed by atoms with van der Waals surface area (Å²) in [5.41, 5.74) is 1.11. The van der Waals surface area contributed by atoms with Gasteiger partial charge in [0.2, 0.25) is 0 Å². The average Bonchev–Trinajstić information content (AvgIpc) is 2.60. The fraction of sp³-hybridized carbons (Fsp3) is 0.500. The number of benzene rings is 1. The normalized spacial score (nSPS) is 18.1. The molecule has 0 amide bonds. The molecule has 1 N–H and O–H groups in total. The molecule has 1 aliphatic rings. The summed E-state index contributed by atoms with van der Waals surface area (Å²) in [5.74, 6) is -0.358. The Balaban J connectivity index is 1.96. The standard InChI is InChI=1S/C14H16F2N2/c15-10-7-12-13(8-11(10)16)18-14(17-12)9-5-3-1-2-4-6-9/h7-9H,1-6H2,(H,17,18). The molecule has 1 aromatic heterocycles. The lowest BCUT2D eigenvalue weighted by atomic mass is 10.00. The van der Waals surface area contributed by atoms with Crippen LogP contribution in [0.5, 0.6) is 0 Å². The van der Waals surface area contributed by atoms with Crippen molar-refractivity contribution in [3.63, 3.8) is 0 Å². The topological polar surface area (TPSA) is 28.7 Å². The molecule has 96 valence electrons. The minimum atomic E-state index is -0.832. The lowest BCUT2D eigenvalue weighted by Crippen LogP contribution is -1.99. The fourth-order valence-corrected chi connectivity index (χ4v) is 2.77. The van der Waals surface area contributed by atoms with Gasteiger partial charge in [-0.2, -0.15) is 0 Å². The molecule has 1 aliphatic carbocycles. The van der Waals surface area contributed by atoms with Crippen molar-refractivity contribution < 1.29 is 8.78 Å². The van der Waals surface area contributed by atoms with Gasteiger partial charge in [0.1, 0.15) is 5.82 Å². The Morgan fingerprint density at radius 1 is 1.00 bits per heavy atom. The van der Waals surface area contributed by atoms with Crippen LogP contribution >= 0.6 is 0 Å². The monoisotopic (exact) mass is 250 g/mol. The molecule has 18 heavy (non-hydrogen) atoms. The van der Waals surface area contributed by atoms with E-state index in [1.54, 1.807) is 0 Å². The lowest BCUT2D eigenvalue weighted by Gasteiger charge is -2.09. The molecule has 3 rings (SSSR count). The van der Waals surface area contributed by atoms with Crippen LogP contribution in [-0.4, -0.2) is 9.97 Å². The zero-order valence-corrected chi connectivity index (χ0v) is 10.2. The smallest absolute Gasteiger partial charge is 0.161 e. The van der Waals surface area contributed by atoms with Crippen molar-refractivity contribution in [2.75, 3.05) is 0 Å². The van der Waals surface area contributed by atoms with Crippen molar-refractivity contribution in [2.45, 2.75) is 44.4 Å². The summed E-state index contributed by atoms with van der Waals surface area (Å²) >= 11 is 0. The van der Waals surface area contributed by atoms with E-state index in [9.17, 15) is 8.78 Å². The highest BCUT2D eigenvalue weighted by molar-refractivity contribution is 5.75. The Morgan fingerprint density at radius 2 is 1.67 bits per heavy atom. The molecule has 2 aromatic rings. The number of hydrogen-bond acceptors (Lipinski definition) is 1. The SMILES string of the molecule is Fc1cc2nc(C3CCCCCC3)[nH]c2cc1F. The minimum Gasteiger partial charge on any atom is -0.342 e. The van der Waals surface area contributed by atoms with Crippen molar-refractivity contribution in [3.05, 3.63) is 29.6 Å². The summed E-state index contributed by atoms with van der Waals surface area (Å²) in [4.78, 5) is 7.56. The number of halogens is 2. The highest BCUT2D eigenvalue weighted by atomic mass is 19.2. The summed E-state index contributed by atoms with van der Waals surface area (Å²) < 4.78 is 26.3. The third-order valence-electron chi connectivity index (χ3n) is 3.78. The molecule has 0 aliphatic heterocycles. The molecular formula is C14H16F2N2. The number of H-pyrrole nitrogens is 1. The van der Waals surface area contributed by atoms with E-state index < -0.39 is 11.6 Å². The van der Waals surface area contributed by atoms with Gasteiger partial charge < -0.3 is 4.98 Å². The number of aromatic amines is 1. The lowest BCUT2D eigenvalue weighted by molar-refractivity contribution is 0.510. The Morgan fingerprint density at radius 3 is 2.39 bits per heavy atom. The van der Waals surface area contributed by atoms with E-state index >= 15 is 0 Å². The maximum atomic E-state index is 13.1. The van der Waals surface area contributed by atoms with E-state index in [1.165, 1.54) is 37.8 Å². The molecule has 0 bridgehead atoms. The Bertz CT molecular complexity index is 515. The second-order valence-electron chi connectivity index (χ2n) is 5.09.